The molecule has 8 heteroatoms. The number of hydrogen-bond acceptors (Lipinski definition) is 5. The molecule has 3 heterocycles. The SMILES string of the molecule is C[C@@H]1CN2c3ccc(Br)cc3CC3(C(=O)NC(=S)NC3=O)C2[C@H](C)O1. The molecule has 1 spiro atoms. The number of nitrogens with one attached hydrogen (secondary N) is 2. The summed E-state index contributed by atoms with van der Waals surface area (Å²) in [5.41, 5.74) is 0.745. The van der Waals surface area contributed by atoms with Gasteiger partial charge in [0.05, 0.1) is 18.2 Å². The average Bonchev–Trinajstić information content (AvgIpc) is 2.51. The first-order chi connectivity index (χ1) is 11.8. The fourth-order valence-corrected chi connectivity index (χ4v) is 5.01. The van der Waals surface area contributed by atoms with Gasteiger partial charge in [-0.2, -0.15) is 0 Å². The molecule has 0 radical (unpaired) electrons. The third-order valence-corrected chi connectivity index (χ3v) is 5.97. The van der Waals surface area contributed by atoms with E-state index in [0.29, 0.717) is 13.0 Å². The van der Waals surface area contributed by atoms with Crippen LogP contribution in [0.4, 0.5) is 5.69 Å². The fourth-order valence-electron chi connectivity index (χ4n) is 4.42. The summed E-state index contributed by atoms with van der Waals surface area (Å²) < 4.78 is 6.92. The number of amides is 2. The maximum absolute atomic E-state index is 13.0. The third-order valence-electron chi connectivity index (χ3n) is 5.27. The molecule has 25 heavy (non-hydrogen) atoms. The second-order valence-electron chi connectivity index (χ2n) is 6.91. The van der Waals surface area contributed by atoms with E-state index in [1.807, 2.05) is 32.0 Å². The number of thiocarbonyl (C=S) groups is 1. The lowest BCUT2D eigenvalue weighted by Gasteiger charge is -2.55. The van der Waals surface area contributed by atoms with E-state index in [-0.39, 0.29) is 35.2 Å². The summed E-state index contributed by atoms with van der Waals surface area (Å²) in [7, 11) is 0. The van der Waals surface area contributed by atoms with Crippen LogP contribution in [0.5, 0.6) is 0 Å². The molecular weight excluding hydrogens is 406 g/mol. The van der Waals surface area contributed by atoms with Gasteiger partial charge in [-0.15, -0.1) is 0 Å². The number of nitrogens with zero attached hydrogens (tertiary/aromatic N) is 1. The summed E-state index contributed by atoms with van der Waals surface area (Å²) in [5, 5.41) is 5.35. The summed E-state index contributed by atoms with van der Waals surface area (Å²) in [6.07, 6.45) is 0.0445. The zero-order valence-electron chi connectivity index (χ0n) is 13.8. The normalized spacial score (nSPS) is 30.4. The monoisotopic (exact) mass is 423 g/mol. The molecule has 3 aliphatic heterocycles. The number of morpholine rings is 1. The molecule has 132 valence electrons. The van der Waals surface area contributed by atoms with Gasteiger partial charge in [0.1, 0.15) is 0 Å². The molecule has 4 rings (SSSR count). The highest BCUT2D eigenvalue weighted by molar-refractivity contribution is 9.10. The maximum Gasteiger partial charge on any atom is 0.244 e. The van der Waals surface area contributed by atoms with Crippen molar-refractivity contribution in [2.45, 2.75) is 38.5 Å². The number of fused-ring (bicyclic) bond motifs is 4. The van der Waals surface area contributed by atoms with Crippen molar-refractivity contribution >= 4 is 50.8 Å². The zero-order valence-corrected chi connectivity index (χ0v) is 16.2. The first-order valence-corrected chi connectivity index (χ1v) is 9.40. The van der Waals surface area contributed by atoms with E-state index in [0.717, 1.165) is 15.7 Å². The number of hydrogen-bond donors (Lipinski definition) is 2. The molecule has 0 bridgehead atoms. The smallest absolute Gasteiger partial charge is 0.244 e. The Hall–Kier alpha value is -1.51. The van der Waals surface area contributed by atoms with Gasteiger partial charge in [0, 0.05) is 16.7 Å². The van der Waals surface area contributed by atoms with Gasteiger partial charge < -0.3 is 20.3 Å². The Balaban J connectivity index is 1.92. The highest BCUT2D eigenvalue weighted by atomic mass is 79.9. The quantitative estimate of drug-likeness (QED) is 0.488. The third kappa shape index (κ3) is 2.42. The lowest BCUT2D eigenvalue weighted by molar-refractivity contribution is -0.152. The Morgan fingerprint density at radius 2 is 1.96 bits per heavy atom. The van der Waals surface area contributed by atoms with Crippen LogP contribution in [-0.4, -0.2) is 41.7 Å². The van der Waals surface area contributed by atoms with Gasteiger partial charge in [0.2, 0.25) is 11.8 Å². The van der Waals surface area contributed by atoms with E-state index in [2.05, 4.69) is 31.5 Å². The second kappa shape index (κ2) is 5.75. The van der Waals surface area contributed by atoms with E-state index >= 15 is 0 Å². The van der Waals surface area contributed by atoms with Crippen LogP contribution in [0.25, 0.3) is 0 Å². The van der Waals surface area contributed by atoms with E-state index < -0.39 is 5.41 Å². The Morgan fingerprint density at radius 3 is 2.64 bits per heavy atom. The van der Waals surface area contributed by atoms with E-state index in [1.54, 1.807) is 0 Å². The Kier molecular flexibility index (Phi) is 3.90. The van der Waals surface area contributed by atoms with Crippen LogP contribution in [-0.2, 0) is 20.7 Å². The molecule has 3 aliphatic rings. The van der Waals surface area contributed by atoms with Crippen LogP contribution >= 0.6 is 28.1 Å². The summed E-state index contributed by atoms with van der Waals surface area (Å²) in [6.45, 7) is 4.55. The van der Waals surface area contributed by atoms with Crippen molar-refractivity contribution in [3.8, 4) is 0 Å². The van der Waals surface area contributed by atoms with Gasteiger partial charge >= 0.3 is 0 Å². The van der Waals surface area contributed by atoms with Crippen LogP contribution in [0.1, 0.15) is 19.4 Å². The van der Waals surface area contributed by atoms with Crippen molar-refractivity contribution in [1.29, 1.82) is 0 Å². The zero-order chi connectivity index (χ0) is 17.9. The fraction of sp³-hybridized carbons (Fsp3) is 0.471. The minimum absolute atomic E-state index is 0.00804. The molecule has 1 unspecified atom stereocenters. The molecule has 0 saturated carbocycles. The van der Waals surface area contributed by atoms with Gasteiger partial charge in [-0.25, -0.2) is 0 Å². The average molecular weight is 424 g/mol. The minimum atomic E-state index is -1.27. The van der Waals surface area contributed by atoms with E-state index in [9.17, 15) is 9.59 Å². The molecule has 1 aromatic carbocycles. The first-order valence-electron chi connectivity index (χ1n) is 8.20. The molecule has 1 aromatic rings. The van der Waals surface area contributed by atoms with Crippen LogP contribution in [0, 0.1) is 5.41 Å². The lowest BCUT2D eigenvalue weighted by atomic mass is 9.66. The predicted molar refractivity (Wildman–Crippen MR) is 100 cm³/mol. The number of halogens is 1. The van der Waals surface area contributed by atoms with Crippen molar-refractivity contribution in [3.63, 3.8) is 0 Å². The maximum atomic E-state index is 13.0. The number of carbonyl (C=O) groups is 2. The number of anilines is 1. The molecule has 0 aromatic heterocycles. The molecule has 6 nitrogen and oxygen atoms in total. The number of ether oxygens (including phenoxy) is 1. The first kappa shape index (κ1) is 16.9. The van der Waals surface area contributed by atoms with Gasteiger partial charge in [-0.05, 0) is 56.2 Å². The van der Waals surface area contributed by atoms with Crippen molar-refractivity contribution in [1.82, 2.24) is 10.6 Å². The van der Waals surface area contributed by atoms with Gasteiger partial charge in [-0.1, -0.05) is 15.9 Å². The predicted octanol–water partition coefficient (Wildman–Crippen LogP) is 1.50. The van der Waals surface area contributed by atoms with Crippen molar-refractivity contribution in [2.24, 2.45) is 5.41 Å². The highest BCUT2D eigenvalue weighted by Gasteiger charge is 2.62. The van der Waals surface area contributed by atoms with Crippen molar-refractivity contribution in [3.05, 3.63) is 28.2 Å². The summed E-state index contributed by atoms with van der Waals surface area (Å²) in [5.74, 6) is -0.709. The molecule has 2 saturated heterocycles. The van der Waals surface area contributed by atoms with Crippen molar-refractivity contribution in [2.75, 3.05) is 11.4 Å². The molecule has 2 amide bonds. The summed E-state index contributed by atoms with van der Waals surface area (Å²) in [4.78, 5) is 28.2. The molecule has 2 N–H and O–H groups in total. The number of rotatable bonds is 0. The molecule has 3 atom stereocenters. The Morgan fingerprint density at radius 1 is 1.28 bits per heavy atom. The number of carbonyl (C=O) groups excluding carboxylic acids is 2. The van der Waals surface area contributed by atoms with E-state index in [1.165, 1.54) is 0 Å². The summed E-state index contributed by atoms with van der Waals surface area (Å²) in [6, 6.07) is 5.61. The Bertz CT molecular complexity index is 779. The topological polar surface area (TPSA) is 70.7 Å². The number of benzene rings is 1. The lowest BCUT2D eigenvalue weighted by Crippen LogP contribution is -2.75. The molecule has 2 fully saturated rings. The van der Waals surface area contributed by atoms with Gasteiger partial charge in [-0.3, -0.25) is 9.59 Å². The molecule has 0 aliphatic carbocycles. The Labute approximate surface area is 159 Å². The summed E-state index contributed by atoms with van der Waals surface area (Å²) >= 11 is 8.48. The largest absolute Gasteiger partial charge is 0.372 e. The highest BCUT2D eigenvalue weighted by Crippen LogP contribution is 2.47. The molecular formula is C17H18BrN3O3S. The standard InChI is InChI=1S/C17H18BrN3O3S/c1-8-7-21-12-4-3-11(18)5-10(12)6-17(13(21)9(2)24-8)14(22)19-16(25)20-15(17)23/h3-5,8-9,13H,6-7H2,1-2H3,(H2,19,20,22,23,25)/t8-,9+,13?/m1/s1. The van der Waals surface area contributed by atoms with Crippen LogP contribution < -0.4 is 15.5 Å². The van der Waals surface area contributed by atoms with Crippen molar-refractivity contribution < 1.29 is 14.3 Å². The van der Waals surface area contributed by atoms with Crippen LogP contribution in [0.3, 0.4) is 0 Å². The van der Waals surface area contributed by atoms with Crippen LogP contribution in [0.2, 0.25) is 0 Å². The van der Waals surface area contributed by atoms with Crippen LogP contribution in [0.15, 0.2) is 22.7 Å². The van der Waals surface area contributed by atoms with Gasteiger partial charge in [0.15, 0.2) is 10.5 Å². The van der Waals surface area contributed by atoms with Gasteiger partial charge in [0.25, 0.3) is 0 Å². The second-order valence-corrected chi connectivity index (χ2v) is 8.23. The van der Waals surface area contributed by atoms with E-state index in [4.69, 9.17) is 17.0 Å². The minimum Gasteiger partial charge on any atom is -0.372 e.